The molecular weight excluding hydrogens is 366 g/mol. The summed E-state index contributed by atoms with van der Waals surface area (Å²) < 4.78 is 5.51. The van der Waals surface area contributed by atoms with Gasteiger partial charge in [-0.25, -0.2) is 0 Å². The summed E-state index contributed by atoms with van der Waals surface area (Å²) in [7, 11) is 1.67. The number of benzene rings is 2. The summed E-state index contributed by atoms with van der Waals surface area (Å²) in [6.07, 6.45) is 3.65. The number of hydrogen-bond donors (Lipinski definition) is 1. The molecule has 0 unspecified atom stereocenters. The van der Waals surface area contributed by atoms with Gasteiger partial charge in [-0.3, -0.25) is 4.98 Å². The number of aryl methyl sites for hydroxylation is 2. The summed E-state index contributed by atoms with van der Waals surface area (Å²) in [5.41, 5.74) is 5.55. The molecule has 3 aromatic rings. The Labute approximate surface area is 172 Å². The molecule has 1 N–H and O–H groups in total. The highest BCUT2D eigenvalue weighted by Crippen LogP contribution is 2.26. The van der Waals surface area contributed by atoms with Crippen LogP contribution in [0, 0.1) is 13.8 Å². The van der Waals surface area contributed by atoms with Crippen molar-refractivity contribution < 1.29 is 4.74 Å². The first-order valence-corrected chi connectivity index (χ1v) is 9.61. The second kappa shape index (κ2) is 9.33. The van der Waals surface area contributed by atoms with Crippen LogP contribution >= 0.6 is 12.2 Å². The number of pyridine rings is 1. The van der Waals surface area contributed by atoms with Gasteiger partial charge in [-0.05, 0) is 61.0 Å². The number of rotatable bonds is 6. The Morgan fingerprint density at radius 3 is 2.39 bits per heavy atom. The fourth-order valence-corrected chi connectivity index (χ4v) is 3.16. The predicted molar refractivity (Wildman–Crippen MR) is 119 cm³/mol. The van der Waals surface area contributed by atoms with Crippen LogP contribution in [0.2, 0.25) is 0 Å². The van der Waals surface area contributed by atoms with Gasteiger partial charge in [-0.15, -0.1) is 0 Å². The van der Waals surface area contributed by atoms with E-state index in [1.54, 1.807) is 13.3 Å². The zero-order chi connectivity index (χ0) is 19.9. The number of nitrogens with one attached hydrogen (secondary N) is 1. The molecule has 1 heterocycles. The lowest BCUT2D eigenvalue weighted by Gasteiger charge is -2.27. The molecule has 0 fully saturated rings. The molecule has 144 valence electrons. The van der Waals surface area contributed by atoms with Crippen molar-refractivity contribution in [3.8, 4) is 5.75 Å². The highest BCUT2D eigenvalue weighted by atomic mass is 32.1. The molecule has 2 aromatic carbocycles. The number of thiocarbonyl (C=S) groups is 1. The minimum atomic E-state index is 0.645. The number of anilines is 1. The molecule has 4 nitrogen and oxygen atoms in total. The van der Waals surface area contributed by atoms with Gasteiger partial charge in [0.15, 0.2) is 5.11 Å². The molecular formula is C23H25N3OS. The quantitative estimate of drug-likeness (QED) is 0.591. The third-order valence-corrected chi connectivity index (χ3v) is 4.84. The molecule has 0 amide bonds. The normalized spacial score (nSPS) is 10.4. The van der Waals surface area contributed by atoms with Gasteiger partial charge in [0.25, 0.3) is 0 Å². The van der Waals surface area contributed by atoms with E-state index < -0.39 is 0 Å². The molecule has 0 bridgehead atoms. The largest absolute Gasteiger partial charge is 0.495 e. The third-order valence-electron chi connectivity index (χ3n) is 4.48. The molecule has 0 aliphatic heterocycles. The van der Waals surface area contributed by atoms with Gasteiger partial charge >= 0.3 is 0 Å². The van der Waals surface area contributed by atoms with Crippen molar-refractivity contribution in [1.29, 1.82) is 0 Å². The number of nitrogens with zero attached hydrogens (tertiary/aromatic N) is 2. The topological polar surface area (TPSA) is 37.4 Å². The van der Waals surface area contributed by atoms with Crippen LogP contribution in [0.3, 0.4) is 0 Å². The minimum absolute atomic E-state index is 0.645. The van der Waals surface area contributed by atoms with Crippen LogP contribution in [-0.4, -0.2) is 22.1 Å². The summed E-state index contributed by atoms with van der Waals surface area (Å²) in [6.45, 7) is 5.50. The Bertz CT molecular complexity index is 926. The summed E-state index contributed by atoms with van der Waals surface area (Å²) in [5, 5.41) is 4.00. The smallest absolute Gasteiger partial charge is 0.174 e. The maximum absolute atomic E-state index is 5.76. The fraction of sp³-hybridized carbons (Fsp3) is 0.217. The molecule has 1 aromatic heterocycles. The van der Waals surface area contributed by atoms with Crippen LogP contribution in [0.5, 0.6) is 5.75 Å². The highest BCUT2D eigenvalue weighted by Gasteiger charge is 2.14. The van der Waals surface area contributed by atoms with E-state index in [1.165, 1.54) is 11.1 Å². The Hall–Kier alpha value is -2.92. The van der Waals surface area contributed by atoms with Crippen LogP contribution in [-0.2, 0) is 13.1 Å². The average molecular weight is 392 g/mol. The van der Waals surface area contributed by atoms with Gasteiger partial charge in [0.1, 0.15) is 5.75 Å². The lowest BCUT2D eigenvalue weighted by Crippen LogP contribution is -2.34. The number of aromatic nitrogens is 1. The van der Waals surface area contributed by atoms with Gasteiger partial charge in [0, 0.05) is 25.5 Å². The average Bonchev–Trinajstić information content (AvgIpc) is 2.71. The lowest BCUT2D eigenvalue weighted by atomic mass is 10.1. The van der Waals surface area contributed by atoms with Gasteiger partial charge in [0.2, 0.25) is 0 Å². The molecule has 0 saturated carbocycles. The first-order valence-electron chi connectivity index (χ1n) is 9.20. The maximum atomic E-state index is 5.76. The van der Waals surface area contributed by atoms with E-state index in [1.807, 2.05) is 37.4 Å². The van der Waals surface area contributed by atoms with Crippen molar-refractivity contribution in [3.63, 3.8) is 0 Å². The van der Waals surface area contributed by atoms with Gasteiger partial charge in [-0.1, -0.05) is 42.0 Å². The number of ether oxygens (including phenoxy) is 1. The Morgan fingerprint density at radius 1 is 1.00 bits per heavy atom. The van der Waals surface area contributed by atoms with E-state index in [0.717, 1.165) is 22.6 Å². The van der Waals surface area contributed by atoms with E-state index >= 15 is 0 Å². The van der Waals surface area contributed by atoms with E-state index in [-0.39, 0.29) is 0 Å². The molecule has 0 aliphatic carbocycles. The lowest BCUT2D eigenvalue weighted by molar-refractivity contribution is 0.408. The van der Waals surface area contributed by atoms with Crippen molar-refractivity contribution in [2.24, 2.45) is 0 Å². The second-order valence-corrected chi connectivity index (χ2v) is 7.22. The fourth-order valence-electron chi connectivity index (χ4n) is 2.92. The van der Waals surface area contributed by atoms with Gasteiger partial charge in [0.05, 0.1) is 12.8 Å². The van der Waals surface area contributed by atoms with Crippen molar-refractivity contribution in [1.82, 2.24) is 9.88 Å². The predicted octanol–water partition coefficient (Wildman–Crippen LogP) is 5.11. The van der Waals surface area contributed by atoms with E-state index in [0.29, 0.717) is 18.2 Å². The summed E-state index contributed by atoms with van der Waals surface area (Å²) >= 11 is 5.76. The molecule has 5 heteroatoms. The number of hydrogen-bond acceptors (Lipinski definition) is 3. The van der Waals surface area contributed by atoms with Gasteiger partial charge < -0.3 is 15.0 Å². The molecule has 3 rings (SSSR count). The van der Waals surface area contributed by atoms with Crippen molar-refractivity contribution in [3.05, 3.63) is 89.2 Å². The second-order valence-electron chi connectivity index (χ2n) is 6.84. The first-order chi connectivity index (χ1) is 13.5. The summed E-state index contributed by atoms with van der Waals surface area (Å²) in [4.78, 5) is 6.36. The molecule has 0 aliphatic rings. The molecule has 0 radical (unpaired) electrons. The molecule has 0 atom stereocenters. The number of methoxy groups -OCH3 is 1. The first kappa shape index (κ1) is 19.8. The van der Waals surface area contributed by atoms with Crippen LogP contribution in [0.25, 0.3) is 0 Å². The zero-order valence-corrected chi connectivity index (χ0v) is 17.3. The Morgan fingerprint density at radius 2 is 1.71 bits per heavy atom. The van der Waals surface area contributed by atoms with E-state index in [4.69, 9.17) is 17.0 Å². The van der Waals surface area contributed by atoms with Crippen LogP contribution < -0.4 is 10.1 Å². The van der Waals surface area contributed by atoms with E-state index in [2.05, 4.69) is 52.5 Å². The third kappa shape index (κ3) is 5.30. The van der Waals surface area contributed by atoms with E-state index in [9.17, 15) is 0 Å². The maximum Gasteiger partial charge on any atom is 0.174 e. The van der Waals surface area contributed by atoms with Crippen molar-refractivity contribution in [2.75, 3.05) is 12.4 Å². The summed E-state index contributed by atoms with van der Waals surface area (Å²) in [5.74, 6) is 0.777. The summed E-state index contributed by atoms with van der Waals surface area (Å²) in [6, 6.07) is 18.6. The van der Waals surface area contributed by atoms with Crippen LogP contribution in [0.1, 0.15) is 22.3 Å². The van der Waals surface area contributed by atoms with Crippen molar-refractivity contribution >= 4 is 23.0 Å². The Kier molecular flexibility index (Phi) is 6.61. The molecule has 0 saturated heterocycles. The van der Waals surface area contributed by atoms with Crippen LogP contribution in [0.4, 0.5) is 5.69 Å². The van der Waals surface area contributed by atoms with Crippen LogP contribution in [0.15, 0.2) is 67.0 Å². The minimum Gasteiger partial charge on any atom is -0.495 e. The standard InChI is InChI=1S/C23H25N3OS/c1-17-6-9-19(10-7-17)15-26(16-20-5-4-12-24-14-20)23(28)25-21-11-8-18(2)13-22(21)27-3/h4-14H,15-16H2,1-3H3,(H,25,28). The monoisotopic (exact) mass is 391 g/mol. The SMILES string of the molecule is COc1cc(C)ccc1NC(=S)N(Cc1ccc(C)cc1)Cc1cccnc1. The zero-order valence-electron chi connectivity index (χ0n) is 16.5. The molecule has 28 heavy (non-hydrogen) atoms. The molecule has 0 spiro atoms. The highest BCUT2D eigenvalue weighted by molar-refractivity contribution is 7.80. The van der Waals surface area contributed by atoms with Crippen molar-refractivity contribution in [2.45, 2.75) is 26.9 Å². The Balaban J connectivity index is 1.82. The van der Waals surface area contributed by atoms with Gasteiger partial charge in [-0.2, -0.15) is 0 Å².